The van der Waals surface area contributed by atoms with Gasteiger partial charge in [0.05, 0.1) is 13.2 Å². The molecular weight excluding hydrogens is 466 g/mol. The normalized spacial score (nSPS) is 35.1. The highest BCUT2D eigenvalue weighted by Gasteiger charge is 2.74. The molecule has 0 unspecified atom stereocenters. The van der Waals surface area contributed by atoms with Gasteiger partial charge in [0.15, 0.2) is 11.5 Å². The van der Waals surface area contributed by atoms with Crippen LogP contribution < -0.4 is 15.0 Å². The van der Waals surface area contributed by atoms with Crippen LogP contribution in [0.5, 0.6) is 11.5 Å². The minimum absolute atomic E-state index is 0.0166. The van der Waals surface area contributed by atoms with Gasteiger partial charge in [-0.3, -0.25) is 14.5 Å². The summed E-state index contributed by atoms with van der Waals surface area (Å²) in [5.74, 6) is 2.55. The van der Waals surface area contributed by atoms with Gasteiger partial charge in [0, 0.05) is 48.6 Å². The number of piperidine rings is 1. The molecule has 5 atom stereocenters. The Bertz CT molecular complexity index is 1380. The average molecular weight is 502 g/mol. The van der Waals surface area contributed by atoms with E-state index in [1.807, 2.05) is 0 Å². The molecule has 3 aliphatic carbocycles. The van der Waals surface area contributed by atoms with Gasteiger partial charge in [-0.25, -0.2) is 0 Å². The van der Waals surface area contributed by atoms with Crippen molar-refractivity contribution in [3.63, 3.8) is 0 Å². The predicted octanol–water partition coefficient (Wildman–Crippen LogP) is 3.13. The Hall–Kier alpha value is -2.80. The summed E-state index contributed by atoms with van der Waals surface area (Å²) in [6.45, 7) is 3.04. The first-order valence-electron chi connectivity index (χ1n) is 14.1. The van der Waals surface area contributed by atoms with Crippen LogP contribution >= 0.6 is 0 Å². The number of aromatic nitrogens is 1. The van der Waals surface area contributed by atoms with Crippen molar-refractivity contribution >= 4 is 5.91 Å². The maximum Gasteiger partial charge on any atom is 0.270 e. The van der Waals surface area contributed by atoms with Crippen molar-refractivity contribution in [1.82, 2.24) is 14.4 Å². The molecule has 0 N–H and O–H groups in total. The van der Waals surface area contributed by atoms with E-state index in [4.69, 9.17) is 9.47 Å². The molecule has 4 bridgehead atoms. The van der Waals surface area contributed by atoms with E-state index in [9.17, 15) is 9.59 Å². The summed E-state index contributed by atoms with van der Waals surface area (Å²) in [5.41, 5.74) is 3.12. The molecule has 1 aromatic heterocycles. The number of nitrogens with zero attached hydrogens (tertiary/aromatic N) is 3. The molecule has 194 valence electrons. The van der Waals surface area contributed by atoms with E-state index < -0.39 is 0 Å². The quantitative estimate of drug-likeness (QED) is 0.644. The summed E-state index contributed by atoms with van der Waals surface area (Å²) < 4.78 is 14.3. The minimum Gasteiger partial charge on any atom is -0.493 e. The number of carbonyl (C=O) groups excluding carboxylic acids is 1. The molecule has 5 heterocycles. The molecule has 2 aromatic rings. The lowest BCUT2D eigenvalue weighted by Crippen LogP contribution is -2.72. The van der Waals surface area contributed by atoms with Crippen LogP contribution in [0.4, 0.5) is 0 Å². The largest absolute Gasteiger partial charge is 0.493 e. The molecule has 4 aliphatic heterocycles. The van der Waals surface area contributed by atoms with Crippen LogP contribution in [0, 0.1) is 11.3 Å². The van der Waals surface area contributed by atoms with E-state index >= 15 is 0 Å². The molecule has 2 spiro atoms. The highest BCUT2D eigenvalue weighted by molar-refractivity contribution is 5.93. The molecule has 0 radical (unpaired) electrons. The van der Waals surface area contributed by atoms with Gasteiger partial charge in [-0.2, -0.15) is 0 Å². The zero-order valence-electron chi connectivity index (χ0n) is 21.7. The van der Waals surface area contributed by atoms with E-state index in [2.05, 4.69) is 21.9 Å². The Balaban J connectivity index is 1.30. The molecular formula is C30H35N3O4. The zero-order valence-corrected chi connectivity index (χ0v) is 21.7. The number of ether oxygens (including phenoxy) is 2. The van der Waals surface area contributed by atoms with Crippen molar-refractivity contribution in [1.29, 1.82) is 0 Å². The molecule has 9 rings (SSSR count). The number of rotatable bonds is 4. The molecule has 7 heteroatoms. The van der Waals surface area contributed by atoms with Crippen molar-refractivity contribution < 1.29 is 14.3 Å². The molecule has 7 aliphatic rings. The van der Waals surface area contributed by atoms with Crippen molar-refractivity contribution in [2.45, 2.75) is 68.5 Å². The van der Waals surface area contributed by atoms with Crippen molar-refractivity contribution in [3.05, 3.63) is 57.5 Å². The Morgan fingerprint density at radius 2 is 1.97 bits per heavy atom. The molecule has 3 saturated heterocycles. The Labute approximate surface area is 217 Å². The first kappa shape index (κ1) is 22.2. The van der Waals surface area contributed by atoms with Gasteiger partial charge in [0.25, 0.3) is 11.5 Å². The number of fused-ring (bicyclic) bond motifs is 3. The minimum atomic E-state index is -0.152. The Morgan fingerprint density at radius 3 is 2.78 bits per heavy atom. The average Bonchev–Trinajstić information content (AvgIpc) is 3.69. The van der Waals surface area contributed by atoms with Gasteiger partial charge in [0.2, 0.25) is 0 Å². The number of hydrogen-bond donors (Lipinski definition) is 0. The topological polar surface area (TPSA) is 64.0 Å². The molecule has 1 amide bonds. The van der Waals surface area contributed by atoms with E-state index in [-0.39, 0.29) is 34.4 Å². The maximum atomic E-state index is 14.1. The van der Waals surface area contributed by atoms with Crippen LogP contribution in [0.3, 0.4) is 0 Å². The fourth-order valence-corrected chi connectivity index (χ4v) is 9.32. The summed E-state index contributed by atoms with van der Waals surface area (Å²) in [7, 11) is 3.43. The summed E-state index contributed by atoms with van der Waals surface area (Å²) >= 11 is 0. The zero-order chi connectivity index (χ0) is 25.1. The molecule has 2 saturated carbocycles. The highest BCUT2D eigenvalue weighted by atomic mass is 16.5. The molecule has 7 nitrogen and oxygen atoms in total. The fraction of sp³-hybridized carbons (Fsp3) is 0.600. The first-order valence-corrected chi connectivity index (χ1v) is 14.1. The third kappa shape index (κ3) is 2.66. The Kier molecular flexibility index (Phi) is 4.44. The van der Waals surface area contributed by atoms with Crippen molar-refractivity contribution in [3.8, 4) is 11.5 Å². The molecule has 37 heavy (non-hydrogen) atoms. The van der Waals surface area contributed by atoms with E-state index in [0.717, 1.165) is 62.6 Å². The number of carbonyl (C=O) groups is 1. The predicted molar refractivity (Wildman–Crippen MR) is 138 cm³/mol. The lowest BCUT2D eigenvalue weighted by molar-refractivity contribution is -0.129. The second kappa shape index (κ2) is 7.40. The van der Waals surface area contributed by atoms with Crippen LogP contribution in [-0.4, -0.2) is 65.2 Å². The van der Waals surface area contributed by atoms with E-state index in [1.54, 1.807) is 26.3 Å². The summed E-state index contributed by atoms with van der Waals surface area (Å²) in [4.78, 5) is 31.4. The summed E-state index contributed by atoms with van der Waals surface area (Å²) in [6, 6.07) is 9.83. The summed E-state index contributed by atoms with van der Waals surface area (Å²) in [5, 5.41) is 0. The second-order valence-corrected chi connectivity index (χ2v) is 12.4. The molecule has 5 fully saturated rings. The smallest absolute Gasteiger partial charge is 0.270 e. The molecule has 1 aromatic carbocycles. The standard InChI is InChI=1S/C30H35N3O4/c1-31-21(4-3-5-24(31)34)28(35)33-15-12-29-11-10-20(33)27-30(29)13-14-32(17-18-6-7-18)23(29)16-19-8-9-22(36-2)26(37-27)25(19)30/h3-5,8-9,18,20,23,27H,6-7,10-17H2,1-2H3/t20-,23-,27+,29-,30+/m1/s1. The summed E-state index contributed by atoms with van der Waals surface area (Å²) in [6.07, 6.45) is 7.84. The number of likely N-dealkylation sites (tertiary alicyclic amines) is 1. The van der Waals surface area contributed by atoms with Gasteiger partial charge in [-0.1, -0.05) is 12.1 Å². The van der Waals surface area contributed by atoms with E-state index in [1.165, 1.54) is 41.1 Å². The van der Waals surface area contributed by atoms with Gasteiger partial charge in [-0.05, 0) is 75.1 Å². The van der Waals surface area contributed by atoms with Crippen LogP contribution in [0.25, 0.3) is 0 Å². The number of benzene rings is 1. The monoisotopic (exact) mass is 501 g/mol. The lowest BCUT2D eigenvalue weighted by atomic mass is 9.42. The van der Waals surface area contributed by atoms with Crippen LogP contribution in [0.15, 0.2) is 35.1 Å². The lowest BCUT2D eigenvalue weighted by Gasteiger charge is -2.66. The van der Waals surface area contributed by atoms with Crippen molar-refractivity contribution in [2.75, 3.05) is 26.7 Å². The SMILES string of the molecule is COc1ccc2c3c1O[C@H]1[C@H]4CC[C@@]5(CCN4C(=O)c4cccc(=O)n4C)[C@@H](C2)N(CC2CC2)CC[C@]315. The maximum absolute atomic E-state index is 14.1. The van der Waals surface area contributed by atoms with Gasteiger partial charge in [-0.15, -0.1) is 0 Å². The van der Waals surface area contributed by atoms with Gasteiger partial charge in [0.1, 0.15) is 11.8 Å². The number of methoxy groups -OCH3 is 1. The second-order valence-electron chi connectivity index (χ2n) is 12.4. The number of hydrogen-bond acceptors (Lipinski definition) is 5. The van der Waals surface area contributed by atoms with Crippen LogP contribution in [-0.2, 0) is 18.9 Å². The van der Waals surface area contributed by atoms with Crippen LogP contribution in [0.1, 0.15) is 60.1 Å². The first-order chi connectivity index (χ1) is 18.0. The van der Waals surface area contributed by atoms with Crippen molar-refractivity contribution in [2.24, 2.45) is 18.4 Å². The third-order valence-corrected chi connectivity index (χ3v) is 11.1. The highest BCUT2D eigenvalue weighted by Crippen LogP contribution is 2.71. The van der Waals surface area contributed by atoms with Gasteiger partial charge >= 0.3 is 0 Å². The van der Waals surface area contributed by atoms with Gasteiger partial charge < -0.3 is 18.9 Å². The number of amides is 1. The van der Waals surface area contributed by atoms with Crippen LogP contribution in [0.2, 0.25) is 0 Å². The third-order valence-electron chi connectivity index (χ3n) is 11.1. The fourth-order valence-electron chi connectivity index (χ4n) is 9.32. The van der Waals surface area contributed by atoms with E-state index in [0.29, 0.717) is 11.7 Å². The Morgan fingerprint density at radius 1 is 1.11 bits per heavy atom. The number of pyridine rings is 1.